The van der Waals surface area contributed by atoms with Crippen molar-refractivity contribution in [2.24, 2.45) is 4.99 Å². The van der Waals surface area contributed by atoms with Crippen molar-refractivity contribution in [3.05, 3.63) is 58.7 Å². The molecule has 196 valence electrons. The van der Waals surface area contributed by atoms with Crippen molar-refractivity contribution in [1.82, 2.24) is 9.80 Å². The Labute approximate surface area is 222 Å². The fourth-order valence-electron chi connectivity index (χ4n) is 5.53. The van der Waals surface area contributed by atoms with Gasteiger partial charge in [0.25, 0.3) is 5.91 Å². The monoisotopic (exact) mass is 513 g/mol. The Bertz CT molecular complexity index is 1090. The number of ether oxygens (including phenoxy) is 2. The van der Waals surface area contributed by atoms with Crippen LogP contribution in [-0.4, -0.2) is 73.4 Å². The zero-order valence-corrected chi connectivity index (χ0v) is 23.4. The van der Waals surface area contributed by atoms with Crippen molar-refractivity contribution in [1.29, 1.82) is 0 Å². The zero-order chi connectivity index (χ0) is 25.3. The molecule has 36 heavy (non-hydrogen) atoms. The standard InChI is InChI=1S/C29H39N3O3.ClH/c1-8-35-27-15-22-23(16-26(27)34-7)28(30-25-13-14-31(6)17-24(22)25)20-9-11-21(12-10-20)29(33)32(18(2)3)19(4)5;/h9-12,15-16,18-19,24-25H,8,13-14,17H2,1-7H3;1H/t24-,25-;/m0./s1. The van der Waals surface area contributed by atoms with Crippen LogP contribution >= 0.6 is 12.4 Å². The van der Waals surface area contributed by atoms with E-state index in [1.165, 1.54) is 5.56 Å². The molecule has 2 aliphatic rings. The van der Waals surface area contributed by atoms with Crippen molar-refractivity contribution in [2.75, 3.05) is 33.9 Å². The number of likely N-dealkylation sites (N-methyl/N-ethyl adjacent to an activating group) is 1. The third-order valence-corrected chi connectivity index (χ3v) is 7.12. The summed E-state index contributed by atoms with van der Waals surface area (Å²) < 4.78 is 11.6. The van der Waals surface area contributed by atoms with Crippen LogP contribution in [0.5, 0.6) is 11.5 Å². The maximum absolute atomic E-state index is 13.2. The summed E-state index contributed by atoms with van der Waals surface area (Å²) in [5.41, 5.74) is 5.05. The van der Waals surface area contributed by atoms with Gasteiger partial charge in [0.05, 0.1) is 25.5 Å². The molecule has 2 atom stereocenters. The summed E-state index contributed by atoms with van der Waals surface area (Å²) in [4.78, 5) is 22.7. The third-order valence-electron chi connectivity index (χ3n) is 7.12. The van der Waals surface area contributed by atoms with Crippen LogP contribution in [0.1, 0.15) is 74.0 Å². The number of hydrogen-bond acceptors (Lipinski definition) is 5. The summed E-state index contributed by atoms with van der Waals surface area (Å²) in [6.07, 6.45) is 1.02. The number of nitrogens with zero attached hydrogens (tertiary/aromatic N) is 3. The van der Waals surface area contributed by atoms with Crippen LogP contribution in [0.4, 0.5) is 0 Å². The molecule has 0 N–H and O–H groups in total. The first-order valence-electron chi connectivity index (χ1n) is 12.8. The van der Waals surface area contributed by atoms with E-state index in [1.54, 1.807) is 7.11 Å². The zero-order valence-electron chi connectivity index (χ0n) is 22.6. The number of halogens is 1. The lowest BCUT2D eigenvalue weighted by Gasteiger charge is -2.39. The van der Waals surface area contributed by atoms with E-state index in [1.807, 2.05) is 36.1 Å². The number of hydrogen-bond donors (Lipinski definition) is 0. The van der Waals surface area contributed by atoms with Gasteiger partial charge in [-0.2, -0.15) is 0 Å². The second-order valence-electron chi connectivity index (χ2n) is 10.2. The minimum absolute atomic E-state index is 0. The van der Waals surface area contributed by atoms with Gasteiger partial charge in [-0.05, 0) is 84.5 Å². The van der Waals surface area contributed by atoms with Gasteiger partial charge in [-0.3, -0.25) is 9.79 Å². The number of rotatable bonds is 7. The van der Waals surface area contributed by atoms with Crippen LogP contribution in [0.25, 0.3) is 0 Å². The van der Waals surface area contributed by atoms with Crippen LogP contribution in [0, 0.1) is 0 Å². The maximum atomic E-state index is 13.2. The molecule has 0 saturated carbocycles. The van der Waals surface area contributed by atoms with Gasteiger partial charge in [-0.1, -0.05) is 12.1 Å². The molecule has 2 aromatic rings. The van der Waals surface area contributed by atoms with Crippen molar-refractivity contribution in [2.45, 2.75) is 65.1 Å². The highest BCUT2D eigenvalue weighted by Crippen LogP contribution is 2.42. The fraction of sp³-hybridized carbons (Fsp3) is 0.517. The van der Waals surface area contributed by atoms with Gasteiger partial charge in [0, 0.05) is 41.2 Å². The molecule has 1 amide bonds. The molecule has 6 nitrogen and oxygen atoms in total. The molecule has 2 aliphatic heterocycles. The van der Waals surface area contributed by atoms with Gasteiger partial charge >= 0.3 is 0 Å². The van der Waals surface area contributed by atoms with Crippen LogP contribution in [0.2, 0.25) is 0 Å². The molecule has 0 radical (unpaired) electrons. The average Bonchev–Trinajstić information content (AvgIpc) is 2.83. The largest absolute Gasteiger partial charge is 0.493 e. The number of aliphatic imine (C=N–C) groups is 1. The second-order valence-corrected chi connectivity index (χ2v) is 10.2. The van der Waals surface area contributed by atoms with Gasteiger partial charge in [0.15, 0.2) is 11.5 Å². The molecule has 0 bridgehead atoms. The average molecular weight is 514 g/mol. The Morgan fingerprint density at radius 1 is 1.11 bits per heavy atom. The Hall–Kier alpha value is -2.57. The lowest BCUT2D eigenvalue weighted by atomic mass is 9.79. The minimum atomic E-state index is 0. The highest BCUT2D eigenvalue weighted by atomic mass is 35.5. The Morgan fingerprint density at radius 3 is 2.36 bits per heavy atom. The molecule has 1 fully saturated rings. The van der Waals surface area contributed by atoms with Crippen LogP contribution in [-0.2, 0) is 0 Å². The lowest BCUT2D eigenvalue weighted by Crippen LogP contribution is -2.42. The normalized spacial score (nSPS) is 19.2. The van der Waals surface area contributed by atoms with Gasteiger partial charge in [0.1, 0.15) is 0 Å². The second kappa shape index (κ2) is 11.7. The van der Waals surface area contributed by atoms with E-state index >= 15 is 0 Å². The molecule has 7 heteroatoms. The van der Waals surface area contributed by atoms with Crippen molar-refractivity contribution < 1.29 is 14.3 Å². The number of fused-ring (bicyclic) bond motifs is 3. The van der Waals surface area contributed by atoms with E-state index in [4.69, 9.17) is 14.5 Å². The van der Waals surface area contributed by atoms with E-state index in [2.05, 4.69) is 51.8 Å². The first kappa shape index (κ1) is 28.0. The molecule has 1 saturated heterocycles. The summed E-state index contributed by atoms with van der Waals surface area (Å²) in [5.74, 6) is 1.89. The van der Waals surface area contributed by atoms with Crippen molar-refractivity contribution >= 4 is 24.0 Å². The molecule has 0 aliphatic carbocycles. The highest BCUT2D eigenvalue weighted by Gasteiger charge is 2.36. The number of likely N-dealkylation sites (tertiary alicyclic amines) is 1. The molecule has 0 aromatic heterocycles. The number of methoxy groups -OCH3 is 1. The Morgan fingerprint density at radius 2 is 1.78 bits per heavy atom. The van der Waals surface area contributed by atoms with Gasteiger partial charge < -0.3 is 19.3 Å². The summed E-state index contributed by atoms with van der Waals surface area (Å²) in [7, 11) is 3.85. The molecule has 2 heterocycles. The summed E-state index contributed by atoms with van der Waals surface area (Å²) >= 11 is 0. The highest BCUT2D eigenvalue weighted by molar-refractivity contribution is 6.15. The summed E-state index contributed by atoms with van der Waals surface area (Å²) in [5, 5.41) is 0. The number of benzene rings is 2. The van der Waals surface area contributed by atoms with Crippen LogP contribution in [0.3, 0.4) is 0 Å². The molecular formula is C29H40ClN3O3. The first-order chi connectivity index (χ1) is 16.7. The van der Waals surface area contributed by atoms with Crippen molar-refractivity contribution in [3.8, 4) is 11.5 Å². The molecule has 4 rings (SSSR count). The van der Waals surface area contributed by atoms with Crippen molar-refractivity contribution in [3.63, 3.8) is 0 Å². The smallest absolute Gasteiger partial charge is 0.254 e. The van der Waals surface area contributed by atoms with Gasteiger partial charge in [0.2, 0.25) is 0 Å². The van der Waals surface area contributed by atoms with Crippen LogP contribution in [0.15, 0.2) is 41.4 Å². The fourth-order valence-corrected chi connectivity index (χ4v) is 5.53. The number of piperidine rings is 1. The first-order valence-corrected chi connectivity index (χ1v) is 12.8. The van der Waals surface area contributed by atoms with E-state index in [0.29, 0.717) is 18.1 Å². The minimum Gasteiger partial charge on any atom is -0.493 e. The lowest BCUT2D eigenvalue weighted by molar-refractivity contribution is 0.0643. The predicted molar refractivity (Wildman–Crippen MR) is 149 cm³/mol. The third kappa shape index (κ3) is 5.40. The van der Waals surface area contributed by atoms with Gasteiger partial charge in [-0.15, -0.1) is 12.4 Å². The number of carbonyl (C=O) groups excluding carboxylic acids is 1. The van der Waals surface area contributed by atoms with Gasteiger partial charge in [-0.25, -0.2) is 0 Å². The van der Waals surface area contributed by atoms with Crippen LogP contribution < -0.4 is 9.47 Å². The predicted octanol–water partition coefficient (Wildman–Crippen LogP) is 5.41. The van der Waals surface area contributed by atoms with E-state index in [9.17, 15) is 4.79 Å². The molecule has 0 unspecified atom stereocenters. The summed E-state index contributed by atoms with van der Waals surface area (Å²) in [6, 6.07) is 12.7. The van der Waals surface area contributed by atoms with E-state index in [0.717, 1.165) is 47.8 Å². The molecule has 0 spiro atoms. The number of amides is 1. The quantitative estimate of drug-likeness (QED) is 0.496. The maximum Gasteiger partial charge on any atom is 0.254 e. The molecule has 2 aromatic carbocycles. The Kier molecular flexibility index (Phi) is 9.07. The summed E-state index contributed by atoms with van der Waals surface area (Å²) in [6.45, 7) is 12.8. The Balaban J connectivity index is 0.00000361. The van der Waals surface area contributed by atoms with E-state index in [-0.39, 0.29) is 36.4 Å². The number of carbonyl (C=O) groups is 1. The SMILES string of the molecule is CCOc1cc2c(cc1OC)C(c1ccc(C(=O)N(C(C)C)C(C)C)cc1)=N[C@H]1CCN(C)C[C@@H]21.Cl. The van der Waals surface area contributed by atoms with E-state index < -0.39 is 0 Å². The molecular weight excluding hydrogens is 474 g/mol. The topological polar surface area (TPSA) is 54.4 Å².